The van der Waals surface area contributed by atoms with E-state index in [9.17, 15) is 4.79 Å². The normalized spacial score (nSPS) is 15.4. The van der Waals surface area contributed by atoms with Crippen molar-refractivity contribution in [3.05, 3.63) is 39.5 Å². The lowest BCUT2D eigenvalue weighted by Crippen LogP contribution is -2.26. The maximum Gasteiger partial charge on any atom is 0.253 e. The van der Waals surface area contributed by atoms with Gasteiger partial charge in [0.15, 0.2) is 0 Å². The van der Waals surface area contributed by atoms with Gasteiger partial charge in [0.25, 0.3) is 5.91 Å². The standard InChI is InChI=1S/C16H20N4OS/c1-9-15(22-11(3)18-9)10(2)19-16(21)12-4-7-14(17-8-12)20-13-5-6-13/h4,7-8,10,13H,5-6H2,1-3H3,(H,17,20)(H,19,21)/t10-/m0/s1. The Bertz CT molecular complexity index is 676. The number of thiazole rings is 1. The molecular formula is C16H20N4OS. The minimum Gasteiger partial charge on any atom is -0.367 e. The fourth-order valence-electron chi connectivity index (χ4n) is 2.34. The minimum absolute atomic E-state index is 0.0528. The predicted molar refractivity (Wildman–Crippen MR) is 88.4 cm³/mol. The summed E-state index contributed by atoms with van der Waals surface area (Å²) in [6.45, 7) is 5.93. The third-order valence-corrected chi connectivity index (χ3v) is 4.89. The van der Waals surface area contributed by atoms with Crippen LogP contribution < -0.4 is 10.6 Å². The van der Waals surface area contributed by atoms with Crippen molar-refractivity contribution in [1.29, 1.82) is 0 Å². The molecule has 0 spiro atoms. The molecule has 0 saturated heterocycles. The summed E-state index contributed by atoms with van der Waals surface area (Å²) in [5, 5.41) is 7.34. The largest absolute Gasteiger partial charge is 0.367 e. The van der Waals surface area contributed by atoms with Crippen molar-refractivity contribution in [2.45, 2.75) is 45.7 Å². The lowest BCUT2D eigenvalue weighted by Gasteiger charge is -2.13. The number of amides is 1. The number of nitrogens with zero attached hydrogens (tertiary/aromatic N) is 2. The molecule has 1 atom stereocenters. The molecular weight excluding hydrogens is 296 g/mol. The van der Waals surface area contributed by atoms with E-state index in [0.717, 1.165) is 21.4 Å². The second-order valence-electron chi connectivity index (χ2n) is 5.73. The lowest BCUT2D eigenvalue weighted by molar-refractivity contribution is 0.0940. The number of carbonyl (C=O) groups excluding carboxylic acids is 1. The van der Waals surface area contributed by atoms with Crippen LogP contribution in [0.2, 0.25) is 0 Å². The van der Waals surface area contributed by atoms with Crippen LogP contribution in [-0.2, 0) is 0 Å². The van der Waals surface area contributed by atoms with Crippen molar-refractivity contribution in [3.8, 4) is 0 Å². The number of rotatable bonds is 5. The first-order valence-corrected chi connectivity index (χ1v) is 8.32. The summed E-state index contributed by atoms with van der Waals surface area (Å²) in [4.78, 5) is 22.1. The van der Waals surface area contributed by atoms with Crippen molar-refractivity contribution in [3.63, 3.8) is 0 Å². The highest BCUT2D eigenvalue weighted by Crippen LogP contribution is 2.25. The molecule has 1 amide bonds. The molecule has 0 aliphatic heterocycles. The Labute approximate surface area is 134 Å². The highest BCUT2D eigenvalue weighted by Gasteiger charge is 2.21. The zero-order valence-electron chi connectivity index (χ0n) is 13.0. The number of aromatic nitrogens is 2. The highest BCUT2D eigenvalue weighted by molar-refractivity contribution is 7.11. The Hall–Kier alpha value is -1.95. The van der Waals surface area contributed by atoms with E-state index in [2.05, 4.69) is 20.6 Å². The van der Waals surface area contributed by atoms with Crippen molar-refractivity contribution >= 4 is 23.1 Å². The van der Waals surface area contributed by atoms with Gasteiger partial charge in [-0.1, -0.05) is 0 Å². The number of pyridine rings is 1. The molecule has 6 heteroatoms. The van der Waals surface area contributed by atoms with Crippen LogP contribution in [0, 0.1) is 13.8 Å². The first-order chi connectivity index (χ1) is 10.5. The number of nitrogens with one attached hydrogen (secondary N) is 2. The summed E-state index contributed by atoms with van der Waals surface area (Å²) in [5.74, 6) is 0.726. The third-order valence-electron chi connectivity index (χ3n) is 3.64. The second kappa shape index (κ2) is 6.04. The van der Waals surface area contributed by atoms with E-state index in [4.69, 9.17) is 0 Å². The molecule has 5 nitrogen and oxygen atoms in total. The van der Waals surface area contributed by atoms with Gasteiger partial charge in [0.2, 0.25) is 0 Å². The summed E-state index contributed by atoms with van der Waals surface area (Å²) in [7, 11) is 0. The molecule has 0 unspecified atom stereocenters. The molecule has 1 saturated carbocycles. The highest BCUT2D eigenvalue weighted by atomic mass is 32.1. The summed E-state index contributed by atoms with van der Waals surface area (Å²) in [5.41, 5.74) is 1.56. The van der Waals surface area contributed by atoms with Crippen LogP contribution in [0.25, 0.3) is 0 Å². The van der Waals surface area contributed by atoms with Gasteiger partial charge in [-0.3, -0.25) is 4.79 Å². The van der Waals surface area contributed by atoms with E-state index in [0.29, 0.717) is 11.6 Å². The number of anilines is 1. The Morgan fingerprint density at radius 2 is 2.14 bits per heavy atom. The molecule has 0 bridgehead atoms. The van der Waals surface area contributed by atoms with Crippen LogP contribution in [0.15, 0.2) is 18.3 Å². The quantitative estimate of drug-likeness (QED) is 0.889. The van der Waals surface area contributed by atoms with Crippen molar-refractivity contribution in [2.24, 2.45) is 0 Å². The number of hydrogen-bond acceptors (Lipinski definition) is 5. The van der Waals surface area contributed by atoms with Crippen LogP contribution in [0.1, 0.15) is 51.7 Å². The van der Waals surface area contributed by atoms with Gasteiger partial charge >= 0.3 is 0 Å². The fraction of sp³-hybridized carbons (Fsp3) is 0.438. The van der Waals surface area contributed by atoms with Gasteiger partial charge in [-0.25, -0.2) is 9.97 Å². The van der Waals surface area contributed by atoms with Gasteiger partial charge in [-0.2, -0.15) is 0 Å². The van der Waals surface area contributed by atoms with Crippen LogP contribution in [0.5, 0.6) is 0 Å². The Balaban J connectivity index is 1.64. The monoisotopic (exact) mass is 316 g/mol. The number of hydrogen-bond donors (Lipinski definition) is 2. The van der Waals surface area contributed by atoms with E-state index < -0.39 is 0 Å². The molecule has 2 N–H and O–H groups in total. The summed E-state index contributed by atoms with van der Waals surface area (Å²) < 4.78 is 0. The molecule has 22 heavy (non-hydrogen) atoms. The van der Waals surface area contributed by atoms with Crippen molar-refractivity contribution in [2.75, 3.05) is 5.32 Å². The molecule has 2 aromatic rings. The fourth-order valence-corrected chi connectivity index (χ4v) is 3.27. The molecule has 0 aromatic carbocycles. The van der Waals surface area contributed by atoms with E-state index in [1.54, 1.807) is 17.5 Å². The SMILES string of the molecule is Cc1nc(C)c([C@H](C)NC(=O)c2ccc(NC3CC3)nc2)s1. The Kier molecular flexibility index (Phi) is 4.11. The zero-order chi connectivity index (χ0) is 15.7. The smallest absolute Gasteiger partial charge is 0.253 e. The molecule has 0 radical (unpaired) electrons. The van der Waals surface area contributed by atoms with Gasteiger partial charge in [0, 0.05) is 17.1 Å². The van der Waals surface area contributed by atoms with Crippen LogP contribution in [0.3, 0.4) is 0 Å². The summed E-state index contributed by atoms with van der Waals surface area (Å²) >= 11 is 1.62. The van der Waals surface area contributed by atoms with Crippen LogP contribution >= 0.6 is 11.3 Å². The van der Waals surface area contributed by atoms with Crippen molar-refractivity contribution < 1.29 is 4.79 Å². The van der Waals surface area contributed by atoms with E-state index in [1.165, 1.54) is 12.8 Å². The van der Waals surface area contributed by atoms with Crippen molar-refractivity contribution in [1.82, 2.24) is 15.3 Å². The van der Waals surface area contributed by atoms with E-state index >= 15 is 0 Å². The van der Waals surface area contributed by atoms with Crippen LogP contribution in [-0.4, -0.2) is 21.9 Å². The summed E-state index contributed by atoms with van der Waals surface area (Å²) in [6, 6.07) is 4.18. The molecule has 2 aromatic heterocycles. The maximum atomic E-state index is 12.3. The molecule has 116 valence electrons. The first-order valence-electron chi connectivity index (χ1n) is 7.50. The average molecular weight is 316 g/mol. The Morgan fingerprint density at radius 3 is 2.68 bits per heavy atom. The molecule has 3 rings (SSSR count). The van der Waals surface area contributed by atoms with Gasteiger partial charge in [0.05, 0.1) is 22.3 Å². The first kappa shape index (κ1) is 15.0. The third kappa shape index (κ3) is 3.44. The van der Waals surface area contributed by atoms with Gasteiger partial charge in [-0.15, -0.1) is 11.3 Å². The molecule has 1 fully saturated rings. The zero-order valence-corrected chi connectivity index (χ0v) is 13.8. The van der Waals surface area contributed by atoms with E-state index in [1.807, 2.05) is 32.9 Å². The minimum atomic E-state index is -0.108. The maximum absolute atomic E-state index is 12.3. The van der Waals surface area contributed by atoms with Gasteiger partial charge < -0.3 is 10.6 Å². The molecule has 1 aliphatic rings. The number of carbonyl (C=O) groups is 1. The molecule has 1 aliphatic carbocycles. The second-order valence-corrected chi connectivity index (χ2v) is 6.96. The molecule has 2 heterocycles. The summed E-state index contributed by atoms with van der Waals surface area (Å²) in [6.07, 6.45) is 4.03. The van der Waals surface area contributed by atoms with Gasteiger partial charge in [0.1, 0.15) is 5.82 Å². The van der Waals surface area contributed by atoms with Gasteiger partial charge in [-0.05, 0) is 45.7 Å². The Morgan fingerprint density at radius 1 is 1.36 bits per heavy atom. The van der Waals surface area contributed by atoms with Crippen LogP contribution in [0.4, 0.5) is 5.82 Å². The topological polar surface area (TPSA) is 66.9 Å². The lowest BCUT2D eigenvalue weighted by atomic mass is 10.2. The average Bonchev–Trinajstić information content (AvgIpc) is 3.22. The van der Waals surface area contributed by atoms with E-state index in [-0.39, 0.29) is 11.9 Å². The number of aryl methyl sites for hydroxylation is 2. The predicted octanol–water partition coefficient (Wildman–Crippen LogP) is 3.22.